The highest BCUT2D eigenvalue weighted by Gasteiger charge is 2.19. The van der Waals surface area contributed by atoms with Crippen molar-refractivity contribution in [3.8, 4) is 0 Å². The van der Waals surface area contributed by atoms with Gasteiger partial charge in [0.05, 0.1) is 0 Å². The molecule has 2 nitrogen and oxygen atoms in total. The fourth-order valence-electron chi connectivity index (χ4n) is 2.02. The first-order valence-electron chi connectivity index (χ1n) is 5.97. The van der Waals surface area contributed by atoms with Crippen LogP contribution in [-0.2, 0) is 4.79 Å². The van der Waals surface area contributed by atoms with Gasteiger partial charge in [-0.3, -0.25) is 4.79 Å². The molecule has 0 radical (unpaired) electrons. The maximum Gasteiger partial charge on any atom is 0.224 e. The summed E-state index contributed by atoms with van der Waals surface area (Å²) >= 11 is 5.63. The molecule has 1 fully saturated rings. The number of hydrogen-bond acceptors (Lipinski definition) is 1. The summed E-state index contributed by atoms with van der Waals surface area (Å²) in [6.45, 7) is 5.02. The molecule has 1 aliphatic carbocycles. The summed E-state index contributed by atoms with van der Waals surface area (Å²) in [5.41, 5.74) is 0. The van der Waals surface area contributed by atoms with Crippen LogP contribution in [0.1, 0.15) is 39.5 Å². The fraction of sp³-hybridized carbons (Fsp3) is 0.917. The minimum Gasteiger partial charge on any atom is -0.356 e. The van der Waals surface area contributed by atoms with E-state index in [2.05, 4.69) is 12.2 Å². The number of amides is 1. The van der Waals surface area contributed by atoms with Crippen molar-refractivity contribution in [3.05, 3.63) is 0 Å². The van der Waals surface area contributed by atoms with Gasteiger partial charge in [0, 0.05) is 18.3 Å². The quantitative estimate of drug-likeness (QED) is 0.741. The minimum absolute atomic E-state index is 0.0609. The number of rotatable bonds is 4. The average Bonchev–Trinajstić information content (AvgIpc) is 2.26. The van der Waals surface area contributed by atoms with Gasteiger partial charge >= 0.3 is 0 Å². The van der Waals surface area contributed by atoms with Gasteiger partial charge in [-0.1, -0.05) is 26.7 Å². The van der Waals surface area contributed by atoms with Crippen LogP contribution in [0.15, 0.2) is 0 Å². The van der Waals surface area contributed by atoms with Crippen molar-refractivity contribution < 1.29 is 4.79 Å². The second-order valence-corrected chi connectivity index (χ2v) is 5.24. The molecule has 1 atom stereocenters. The van der Waals surface area contributed by atoms with E-state index in [-0.39, 0.29) is 11.8 Å². The molecule has 0 aromatic carbocycles. The molecule has 88 valence electrons. The largest absolute Gasteiger partial charge is 0.356 e. The molecule has 0 aliphatic heterocycles. The van der Waals surface area contributed by atoms with Gasteiger partial charge in [-0.2, -0.15) is 0 Å². The van der Waals surface area contributed by atoms with Crippen LogP contribution in [-0.4, -0.2) is 18.3 Å². The summed E-state index contributed by atoms with van der Waals surface area (Å²) < 4.78 is 0. The summed E-state index contributed by atoms with van der Waals surface area (Å²) in [4.78, 5) is 11.5. The molecule has 0 saturated heterocycles. The number of alkyl halides is 1. The summed E-state index contributed by atoms with van der Waals surface area (Å²) in [5, 5.41) is 2.99. The van der Waals surface area contributed by atoms with Gasteiger partial charge in [-0.15, -0.1) is 11.6 Å². The third kappa shape index (κ3) is 4.42. The fourth-order valence-corrected chi connectivity index (χ4v) is 2.16. The molecular formula is C12H22ClNO. The van der Waals surface area contributed by atoms with E-state index in [0.29, 0.717) is 11.8 Å². The molecule has 0 heterocycles. The lowest BCUT2D eigenvalue weighted by Crippen LogP contribution is -2.35. The highest BCUT2D eigenvalue weighted by molar-refractivity contribution is 6.19. The SMILES string of the molecule is CC1CCC(CNC(=O)C(C)CCl)CC1. The van der Waals surface area contributed by atoms with Gasteiger partial charge in [0.2, 0.25) is 5.91 Å². The van der Waals surface area contributed by atoms with Crippen molar-refractivity contribution in [3.63, 3.8) is 0 Å². The molecule has 15 heavy (non-hydrogen) atoms. The van der Waals surface area contributed by atoms with E-state index in [4.69, 9.17) is 11.6 Å². The van der Waals surface area contributed by atoms with Crippen LogP contribution in [0, 0.1) is 17.8 Å². The van der Waals surface area contributed by atoms with Gasteiger partial charge in [-0.05, 0) is 24.7 Å². The number of hydrogen-bond donors (Lipinski definition) is 1. The second-order valence-electron chi connectivity index (χ2n) is 4.93. The van der Waals surface area contributed by atoms with E-state index < -0.39 is 0 Å². The summed E-state index contributed by atoms with van der Waals surface area (Å²) in [7, 11) is 0. The third-order valence-corrected chi connectivity index (χ3v) is 3.84. The summed E-state index contributed by atoms with van der Waals surface area (Å²) in [6.07, 6.45) is 5.14. The zero-order chi connectivity index (χ0) is 11.3. The van der Waals surface area contributed by atoms with Crippen LogP contribution in [0.25, 0.3) is 0 Å². The Morgan fingerprint density at radius 1 is 1.40 bits per heavy atom. The molecule has 0 aromatic rings. The lowest BCUT2D eigenvalue weighted by molar-refractivity contribution is -0.124. The predicted molar refractivity (Wildman–Crippen MR) is 64.0 cm³/mol. The topological polar surface area (TPSA) is 29.1 Å². The monoisotopic (exact) mass is 231 g/mol. The molecular weight excluding hydrogens is 210 g/mol. The molecule has 0 aromatic heterocycles. The van der Waals surface area contributed by atoms with Gasteiger partial charge in [0.15, 0.2) is 0 Å². The summed E-state index contributed by atoms with van der Waals surface area (Å²) in [5.74, 6) is 2.01. The van der Waals surface area contributed by atoms with Crippen LogP contribution in [0.2, 0.25) is 0 Å². The van der Waals surface area contributed by atoms with Crippen molar-refractivity contribution >= 4 is 17.5 Å². The molecule has 1 aliphatic rings. The average molecular weight is 232 g/mol. The standard InChI is InChI=1S/C12H22ClNO/c1-9-3-5-11(6-4-9)8-14-12(15)10(2)7-13/h9-11H,3-8H2,1-2H3,(H,14,15). The van der Waals surface area contributed by atoms with Crippen LogP contribution in [0.4, 0.5) is 0 Å². The van der Waals surface area contributed by atoms with Crippen LogP contribution in [0.5, 0.6) is 0 Å². The predicted octanol–water partition coefficient (Wildman–Crippen LogP) is 2.80. The first-order valence-corrected chi connectivity index (χ1v) is 6.50. The van der Waals surface area contributed by atoms with E-state index in [1.54, 1.807) is 0 Å². The molecule has 1 unspecified atom stereocenters. The van der Waals surface area contributed by atoms with Gasteiger partial charge in [-0.25, -0.2) is 0 Å². The van der Waals surface area contributed by atoms with E-state index in [9.17, 15) is 4.79 Å². The van der Waals surface area contributed by atoms with Gasteiger partial charge in [0.1, 0.15) is 0 Å². The Labute approximate surface area is 97.8 Å². The van der Waals surface area contributed by atoms with Gasteiger partial charge < -0.3 is 5.32 Å². The first kappa shape index (κ1) is 12.8. The van der Waals surface area contributed by atoms with E-state index in [0.717, 1.165) is 12.5 Å². The lowest BCUT2D eigenvalue weighted by atomic mass is 9.83. The zero-order valence-corrected chi connectivity index (χ0v) is 10.5. The molecule has 1 N–H and O–H groups in total. The normalized spacial score (nSPS) is 28.5. The van der Waals surface area contributed by atoms with E-state index >= 15 is 0 Å². The van der Waals surface area contributed by atoms with Crippen molar-refractivity contribution in [2.75, 3.05) is 12.4 Å². The van der Waals surface area contributed by atoms with Gasteiger partial charge in [0.25, 0.3) is 0 Å². The maximum atomic E-state index is 11.5. The van der Waals surface area contributed by atoms with E-state index in [1.807, 2.05) is 6.92 Å². The van der Waals surface area contributed by atoms with Crippen molar-refractivity contribution in [1.29, 1.82) is 0 Å². The highest BCUT2D eigenvalue weighted by Crippen LogP contribution is 2.27. The number of nitrogens with one attached hydrogen (secondary N) is 1. The van der Waals surface area contributed by atoms with Crippen LogP contribution in [0.3, 0.4) is 0 Å². The Morgan fingerprint density at radius 2 is 2.00 bits per heavy atom. The Morgan fingerprint density at radius 3 is 2.53 bits per heavy atom. The number of carbonyl (C=O) groups excluding carboxylic acids is 1. The molecule has 3 heteroatoms. The third-order valence-electron chi connectivity index (χ3n) is 3.38. The Balaban J connectivity index is 2.17. The smallest absolute Gasteiger partial charge is 0.224 e. The Hall–Kier alpha value is -0.240. The van der Waals surface area contributed by atoms with Crippen molar-refractivity contribution in [2.24, 2.45) is 17.8 Å². The molecule has 0 bridgehead atoms. The Kier molecular flexibility index (Phi) is 5.44. The first-order chi connectivity index (χ1) is 7.13. The Bertz CT molecular complexity index is 200. The summed E-state index contributed by atoms with van der Waals surface area (Å²) in [6, 6.07) is 0. The lowest BCUT2D eigenvalue weighted by Gasteiger charge is -2.26. The van der Waals surface area contributed by atoms with Crippen LogP contribution >= 0.6 is 11.6 Å². The van der Waals surface area contributed by atoms with Crippen LogP contribution < -0.4 is 5.32 Å². The molecule has 1 rings (SSSR count). The molecule has 0 spiro atoms. The number of halogens is 1. The minimum atomic E-state index is -0.0609. The maximum absolute atomic E-state index is 11.5. The van der Waals surface area contributed by atoms with Crippen molar-refractivity contribution in [1.82, 2.24) is 5.32 Å². The van der Waals surface area contributed by atoms with E-state index in [1.165, 1.54) is 25.7 Å². The van der Waals surface area contributed by atoms with Crippen molar-refractivity contribution in [2.45, 2.75) is 39.5 Å². The zero-order valence-electron chi connectivity index (χ0n) is 9.76. The molecule has 1 saturated carbocycles. The highest BCUT2D eigenvalue weighted by atomic mass is 35.5. The second kappa shape index (κ2) is 6.37. The number of carbonyl (C=O) groups is 1. The molecule has 1 amide bonds.